The van der Waals surface area contributed by atoms with Crippen LogP contribution < -0.4 is 25.0 Å². The molecule has 4 aliphatic heterocycles. The van der Waals surface area contributed by atoms with Crippen LogP contribution in [0, 0.1) is 41.0 Å². The van der Waals surface area contributed by atoms with E-state index in [4.69, 9.17) is 40.1 Å². The summed E-state index contributed by atoms with van der Waals surface area (Å²) < 4.78 is 91.1. The van der Waals surface area contributed by atoms with Crippen LogP contribution in [0.3, 0.4) is 0 Å². The summed E-state index contributed by atoms with van der Waals surface area (Å²) in [5, 5.41) is 17.6. The van der Waals surface area contributed by atoms with Gasteiger partial charge in [-0.1, -0.05) is 57.0 Å². The number of piperazine rings is 1. The van der Waals surface area contributed by atoms with E-state index in [9.17, 15) is 33.1 Å². The number of aliphatic hydroxyl groups excluding tert-OH is 1. The third-order valence-corrected chi connectivity index (χ3v) is 17.1. The van der Waals surface area contributed by atoms with E-state index in [2.05, 4.69) is 31.4 Å². The van der Waals surface area contributed by atoms with Crippen LogP contribution in [0.25, 0.3) is 44.1 Å². The van der Waals surface area contributed by atoms with E-state index in [1.165, 1.54) is 48.5 Å². The molecule has 0 saturated carbocycles. The molecule has 3 N–H and O–H groups in total. The van der Waals surface area contributed by atoms with Crippen molar-refractivity contribution >= 4 is 51.3 Å². The zero-order chi connectivity index (χ0) is 65.1. The smallest absolute Gasteiger partial charge is 0.410 e. The number of aliphatic hydroxyl groups is 1. The number of rotatable bonds is 21. The van der Waals surface area contributed by atoms with Crippen LogP contribution >= 0.6 is 0 Å². The topological polar surface area (TPSA) is 223 Å². The Hall–Kier alpha value is -8.24. The van der Waals surface area contributed by atoms with Crippen LogP contribution in [0.4, 0.5) is 28.2 Å². The van der Waals surface area contributed by atoms with E-state index in [1.807, 2.05) is 25.7 Å². The highest BCUT2D eigenvalue weighted by atomic mass is 19.1. The monoisotopic (exact) mass is 1260 g/mol. The molecule has 0 radical (unpaired) electrons. The maximum Gasteiger partial charge on any atom is 0.410 e. The molecule has 3 aromatic heterocycles. The molecule has 7 heterocycles. The normalized spacial score (nSPS) is 20.0. The Balaban J connectivity index is 0.770. The Bertz CT molecular complexity index is 3700. The number of β-amino-alcohol motifs (C(OH)–C–C–N with tert-alkyl or cyclic N) is 1. The number of likely N-dealkylation sites (tertiary alicyclic amines) is 2. The third kappa shape index (κ3) is 14.8. The molecule has 484 valence electrons. The molecule has 3 aromatic carbocycles. The zero-order valence-electron chi connectivity index (χ0n) is 52.5. The number of benzene rings is 3. The number of pyridine rings is 2. The molecule has 4 saturated heterocycles. The van der Waals surface area contributed by atoms with E-state index in [1.54, 1.807) is 50.8 Å². The largest absolute Gasteiger partial charge is 0.468 e. The van der Waals surface area contributed by atoms with Gasteiger partial charge in [0.1, 0.15) is 52.9 Å². The highest BCUT2D eigenvalue weighted by molar-refractivity contribution is 6.03. The van der Waals surface area contributed by atoms with Gasteiger partial charge in [0, 0.05) is 75.9 Å². The van der Waals surface area contributed by atoms with Crippen molar-refractivity contribution in [2.24, 2.45) is 5.41 Å². The number of hydrogen-bond donors (Lipinski definition) is 3. The van der Waals surface area contributed by atoms with Crippen molar-refractivity contribution < 1.29 is 65.5 Å². The Morgan fingerprint density at radius 3 is 2.27 bits per heavy atom. The minimum Gasteiger partial charge on any atom is -0.468 e. The maximum absolute atomic E-state index is 17.7. The van der Waals surface area contributed by atoms with Gasteiger partial charge in [-0.25, -0.2) is 22.4 Å². The fraction of sp³-hybridized carbons (Fsp3) is 0.493. The highest BCUT2D eigenvalue weighted by Crippen LogP contribution is 2.41. The molecule has 91 heavy (non-hydrogen) atoms. The van der Waals surface area contributed by atoms with Gasteiger partial charge in [0.05, 0.1) is 59.7 Å². The van der Waals surface area contributed by atoms with Gasteiger partial charge in [-0.2, -0.15) is 9.97 Å². The summed E-state index contributed by atoms with van der Waals surface area (Å²) in [5.41, 5.74) is -0.929. The molecule has 0 spiro atoms. The summed E-state index contributed by atoms with van der Waals surface area (Å²) in [7, 11) is 1.46. The quantitative estimate of drug-likeness (QED) is 0.0265. The molecule has 4 amide bonds. The van der Waals surface area contributed by atoms with Gasteiger partial charge in [0.25, 0.3) is 0 Å². The maximum atomic E-state index is 17.7. The van der Waals surface area contributed by atoms with E-state index in [0.29, 0.717) is 66.1 Å². The van der Waals surface area contributed by atoms with Crippen LogP contribution in [-0.4, -0.2) is 172 Å². The number of methoxy groups -OCH3 is 1. The number of carbonyl (C=O) groups excluding carboxylic acids is 4. The summed E-state index contributed by atoms with van der Waals surface area (Å²) >= 11 is 0. The first-order chi connectivity index (χ1) is 43.4. The molecule has 24 heteroatoms. The lowest BCUT2D eigenvalue weighted by atomic mass is 9.85. The van der Waals surface area contributed by atoms with Crippen LogP contribution in [0.5, 0.6) is 11.8 Å². The van der Waals surface area contributed by atoms with E-state index in [0.717, 1.165) is 44.6 Å². The molecular formula is C67H78F4N10O10. The predicted octanol–water partition coefficient (Wildman–Crippen LogP) is 9.03. The van der Waals surface area contributed by atoms with Crippen molar-refractivity contribution in [1.29, 1.82) is 0 Å². The lowest BCUT2D eigenvalue weighted by molar-refractivity contribution is -0.144. The van der Waals surface area contributed by atoms with Gasteiger partial charge in [-0.15, -0.1) is 6.42 Å². The second-order valence-electron chi connectivity index (χ2n) is 25.8. The third-order valence-electron chi connectivity index (χ3n) is 17.1. The standard InChI is InChI=1S/C67H78F4N10O10/c1-10-47-50(68)21-18-41-27-46(90-37-87-9)29-48(55(41)47)58-57(71)59-49(30-73-58)61(79-33-42-19-20-43(34-79)81(42)65(86)91-67(6,7)8)77-64(76-59)89-36-44-13-11-23-78(44)24-12-25-88-26-22-54(83)75-60(66(3,4)5)63(85)80-35-45(82)28-53(80)62(84)74-38(2)39-14-16-40(17-15-39)56-51(69)31-72-32-52(56)70/h1,14-18,21,27,29-32,38,42-45,53,60,82H,11-13,19-20,22-26,28,33-37H2,2-9H3,(H,74,84)(H,75,83)/t38-,42?,43?,44-,45+,53-,60+/m0/s1. The van der Waals surface area contributed by atoms with Crippen molar-refractivity contribution in [3.8, 4) is 46.5 Å². The number of amides is 4. The molecule has 4 fully saturated rings. The number of hydrogen-bond acceptors (Lipinski definition) is 16. The second kappa shape index (κ2) is 27.7. The fourth-order valence-electron chi connectivity index (χ4n) is 12.7. The van der Waals surface area contributed by atoms with Gasteiger partial charge < -0.3 is 49.2 Å². The minimum absolute atomic E-state index is 0.0177. The lowest BCUT2D eigenvalue weighted by Gasteiger charge is -2.42. The molecular weight excluding hydrogens is 1180 g/mol. The minimum atomic E-state index is -1.05. The molecule has 7 atom stereocenters. The first-order valence-corrected chi connectivity index (χ1v) is 30.8. The van der Waals surface area contributed by atoms with Crippen LogP contribution in [0.15, 0.2) is 67.1 Å². The van der Waals surface area contributed by atoms with Gasteiger partial charge in [-0.05, 0) is 106 Å². The number of ether oxygens (including phenoxy) is 5. The van der Waals surface area contributed by atoms with Crippen molar-refractivity contribution in [2.75, 3.05) is 71.3 Å². The molecule has 2 unspecified atom stereocenters. The van der Waals surface area contributed by atoms with Gasteiger partial charge in [-0.3, -0.25) is 34.2 Å². The number of anilines is 1. The summed E-state index contributed by atoms with van der Waals surface area (Å²) in [4.78, 5) is 80.4. The number of nitrogens with zero attached hydrogens (tertiary/aromatic N) is 8. The van der Waals surface area contributed by atoms with E-state index >= 15 is 8.78 Å². The van der Waals surface area contributed by atoms with Crippen LogP contribution in [0.1, 0.15) is 111 Å². The molecule has 0 aliphatic carbocycles. The van der Waals surface area contributed by atoms with E-state index < -0.39 is 82.3 Å². The zero-order valence-corrected chi connectivity index (χ0v) is 52.5. The Morgan fingerprint density at radius 2 is 1.59 bits per heavy atom. The number of aromatic nitrogens is 4. The molecule has 6 aromatic rings. The fourth-order valence-corrected chi connectivity index (χ4v) is 12.7. The summed E-state index contributed by atoms with van der Waals surface area (Å²) in [5.74, 6) is -1.45. The molecule has 20 nitrogen and oxygen atoms in total. The Morgan fingerprint density at radius 1 is 0.868 bits per heavy atom. The number of carbonyl (C=O) groups is 4. The second-order valence-corrected chi connectivity index (χ2v) is 25.8. The highest BCUT2D eigenvalue weighted by Gasteiger charge is 2.47. The van der Waals surface area contributed by atoms with Crippen LogP contribution in [0.2, 0.25) is 0 Å². The van der Waals surface area contributed by atoms with Crippen molar-refractivity contribution in [1.82, 2.24) is 45.3 Å². The van der Waals surface area contributed by atoms with Crippen molar-refractivity contribution in [3.05, 3.63) is 102 Å². The Kier molecular flexibility index (Phi) is 20.0. The van der Waals surface area contributed by atoms with Crippen molar-refractivity contribution in [3.63, 3.8) is 0 Å². The average Bonchev–Trinajstić information content (AvgIpc) is 1.48. The number of halogens is 4. The average molecular weight is 1260 g/mol. The Labute approximate surface area is 526 Å². The molecule has 4 aliphatic rings. The van der Waals surface area contributed by atoms with E-state index in [-0.39, 0.29) is 96.8 Å². The molecule has 10 rings (SSSR count). The summed E-state index contributed by atoms with van der Waals surface area (Å²) in [6.45, 7) is 15.1. The SMILES string of the molecule is C#Cc1c(F)ccc2cc(OCOC)cc(-c3ncc4c(N5CC6CCC(C5)N6C(=O)OC(C)(C)C)nc(OC[C@@H]5CCCN5CCCOCCC(=O)N[C@H](C(=O)N5C[C@H](O)C[C@H]5C(=O)N[C@@H](C)c5ccc(-c6c(F)cncc6F)cc5)C(C)(C)C)nc4c3F)c12. The molecule has 2 bridgehead atoms. The van der Waals surface area contributed by atoms with Crippen LogP contribution in [-0.2, 0) is 28.6 Å². The summed E-state index contributed by atoms with van der Waals surface area (Å²) in [6, 6.07) is 9.11. The summed E-state index contributed by atoms with van der Waals surface area (Å²) in [6.07, 6.45) is 11.5. The van der Waals surface area contributed by atoms with Gasteiger partial charge >= 0.3 is 12.1 Å². The van der Waals surface area contributed by atoms with Crippen molar-refractivity contribution in [2.45, 2.75) is 141 Å². The first kappa shape index (κ1) is 65.7. The number of fused-ring (bicyclic) bond motifs is 4. The predicted molar refractivity (Wildman–Crippen MR) is 332 cm³/mol. The first-order valence-electron chi connectivity index (χ1n) is 30.8. The number of nitrogens with one attached hydrogen (secondary N) is 2. The van der Waals surface area contributed by atoms with Gasteiger partial charge in [0.15, 0.2) is 24.2 Å². The number of terminal acetylenes is 1. The lowest BCUT2D eigenvalue weighted by Crippen LogP contribution is -2.58. The van der Waals surface area contributed by atoms with Gasteiger partial charge in [0.2, 0.25) is 17.7 Å².